The van der Waals surface area contributed by atoms with Crippen molar-refractivity contribution in [3.05, 3.63) is 35.1 Å². The smallest absolute Gasteiger partial charge is 0.317 e. The van der Waals surface area contributed by atoms with Crippen LogP contribution in [0.5, 0.6) is 0 Å². The number of aliphatic hydroxyl groups excluding tert-OH is 1. The lowest BCUT2D eigenvalue weighted by atomic mass is 10.1. The number of halogens is 3. The number of urea groups is 1. The summed E-state index contributed by atoms with van der Waals surface area (Å²) in [6, 6.07) is 1.50. The quantitative estimate of drug-likeness (QED) is 0.837. The molecule has 0 aliphatic carbocycles. The number of likely N-dealkylation sites (tertiary alicyclic amines) is 1. The zero-order valence-corrected chi connectivity index (χ0v) is 11.4. The minimum atomic E-state index is -1.50. The SMILES string of the molecule is O=C(NCCc1cc(F)c(F)c(F)c1)N1CCCC(O)C1. The lowest BCUT2D eigenvalue weighted by Crippen LogP contribution is -2.47. The van der Waals surface area contributed by atoms with Crippen LogP contribution in [0.15, 0.2) is 12.1 Å². The van der Waals surface area contributed by atoms with Gasteiger partial charge < -0.3 is 15.3 Å². The summed E-state index contributed by atoms with van der Waals surface area (Å²) in [5, 5.41) is 12.1. The first-order valence-corrected chi connectivity index (χ1v) is 6.81. The van der Waals surface area contributed by atoms with Gasteiger partial charge in [-0.05, 0) is 37.0 Å². The number of nitrogens with zero attached hydrogens (tertiary/aromatic N) is 1. The maximum absolute atomic E-state index is 13.0. The maximum atomic E-state index is 13.0. The molecule has 1 atom stereocenters. The average molecular weight is 302 g/mol. The van der Waals surface area contributed by atoms with E-state index < -0.39 is 23.6 Å². The van der Waals surface area contributed by atoms with Gasteiger partial charge in [0, 0.05) is 19.6 Å². The maximum Gasteiger partial charge on any atom is 0.317 e. The van der Waals surface area contributed by atoms with Crippen molar-refractivity contribution in [2.24, 2.45) is 0 Å². The van der Waals surface area contributed by atoms with E-state index in [1.54, 1.807) is 0 Å². The first-order chi connectivity index (χ1) is 9.97. The van der Waals surface area contributed by atoms with E-state index in [2.05, 4.69) is 5.32 Å². The van der Waals surface area contributed by atoms with Gasteiger partial charge in [0.1, 0.15) is 0 Å². The molecule has 4 nitrogen and oxygen atoms in total. The number of benzene rings is 1. The first-order valence-electron chi connectivity index (χ1n) is 6.81. The van der Waals surface area contributed by atoms with Crippen molar-refractivity contribution in [3.8, 4) is 0 Å². The standard InChI is InChI=1S/C14H17F3N2O2/c15-11-6-9(7-12(16)13(11)17)3-4-18-14(21)19-5-1-2-10(20)8-19/h6-7,10,20H,1-5,8H2,(H,18,21). The minimum Gasteiger partial charge on any atom is -0.391 e. The monoisotopic (exact) mass is 302 g/mol. The van der Waals surface area contributed by atoms with Crippen LogP contribution in [0.2, 0.25) is 0 Å². The van der Waals surface area contributed by atoms with E-state index in [9.17, 15) is 23.1 Å². The molecule has 1 fully saturated rings. The highest BCUT2D eigenvalue weighted by molar-refractivity contribution is 5.74. The predicted molar refractivity (Wildman–Crippen MR) is 70.2 cm³/mol. The molecular weight excluding hydrogens is 285 g/mol. The number of carbonyl (C=O) groups excluding carboxylic acids is 1. The summed E-state index contributed by atoms with van der Waals surface area (Å²) in [4.78, 5) is 13.3. The third-order valence-corrected chi connectivity index (χ3v) is 3.42. The second-order valence-corrected chi connectivity index (χ2v) is 5.10. The Balaban J connectivity index is 1.82. The van der Waals surface area contributed by atoms with Gasteiger partial charge in [0.25, 0.3) is 0 Å². The average Bonchev–Trinajstić information content (AvgIpc) is 2.44. The summed E-state index contributed by atoms with van der Waals surface area (Å²) in [7, 11) is 0. The molecule has 0 spiro atoms. The van der Waals surface area contributed by atoms with Gasteiger partial charge in [0.2, 0.25) is 0 Å². The second-order valence-electron chi connectivity index (χ2n) is 5.10. The summed E-state index contributed by atoms with van der Waals surface area (Å²) < 4.78 is 38.8. The van der Waals surface area contributed by atoms with Crippen molar-refractivity contribution < 1.29 is 23.1 Å². The van der Waals surface area contributed by atoms with Gasteiger partial charge in [-0.15, -0.1) is 0 Å². The van der Waals surface area contributed by atoms with Crippen LogP contribution in [-0.2, 0) is 6.42 Å². The molecule has 2 amide bonds. The lowest BCUT2D eigenvalue weighted by molar-refractivity contribution is 0.0843. The van der Waals surface area contributed by atoms with Crippen molar-refractivity contribution in [2.45, 2.75) is 25.4 Å². The second kappa shape index (κ2) is 6.80. The number of piperidine rings is 1. The summed E-state index contributed by atoms with van der Waals surface area (Å²) in [6.45, 7) is 1.03. The van der Waals surface area contributed by atoms with E-state index in [0.29, 0.717) is 13.0 Å². The summed E-state index contributed by atoms with van der Waals surface area (Å²) >= 11 is 0. The molecule has 116 valence electrons. The molecule has 1 aromatic rings. The van der Waals surface area contributed by atoms with Crippen molar-refractivity contribution in [1.82, 2.24) is 10.2 Å². The van der Waals surface area contributed by atoms with Crippen molar-refractivity contribution >= 4 is 6.03 Å². The Morgan fingerprint density at radius 3 is 2.62 bits per heavy atom. The van der Waals surface area contributed by atoms with E-state index in [-0.39, 0.29) is 31.1 Å². The molecule has 21 heavy (non-hydrogen) atoms. The summed E-state index contributed by atoms with van der Waals surface area (Å²) in [5.74, 6) is -3.98. The van der Waals surface area contributed by atoms with E-state index in [1.807, 2.05) is 0 Å². The zero-order valence-electron chi connectivity index (χ0n) is 11.4. The number of carbonyl (C=O) groups is 1. The van der Waals surface area contributed by atoms with Crippen LogP contribution in [0.25, 0.3) is 0 Å². The van der Waals surface area contributed by atoms with Crippen LogP contribution < -0.4 is 5.32 Å². The summed E-state index contributed by atoms with van der Waals surface area (Å²) in [5.41, 5.74) is 0.269. The molecule has 2 N–H and O–H groups in total. The molecule has 7 heteroatoms. The van der Waals surface area contributed by atoms with E-state index in [4.69, 9.17) is 0 Å². The van der Waals surface area contributed by atoms with E-state index in [0.717, 1.165) is 18.6 Å². The number of β-amino-alcohol motifs (C(OH)–C–C–N with tert-alkyl or cyclic N) is 1. The molecule has 0 radical (unpaired) electrons. The van der Waals surface area contributed by atoms with Gasteiger partial charge >= 0.3 is 6.03 Å². The van der Waals surface area contributed by atoms with Crippen LogP contribution >= 0.6 is 0 Å². The molecule has 0 bridgehead atoms. The fourth-order valence-electron chi connectivity index (χ4n) is 2.32. The van der Waals surface area contributed by atoms with Crippen LogP contribution in [0.3, 0.4) is 0 Å². The van der Waals surface area contributed by atoms with Gasteiger partial charge in [0.15, 0.2) is 17.5 Å². The Morgan fingerprint density at radius 1 is 1.33 bits per heavy atom. The normalized spacial score (nSPS) is 18.7. The van der Waals surface area contributed by atoms with Crippen LogP contribution in [0.4, 0.5) is 18.0 Å². The van der Waals surface area contributed by atoms with Crippen molar-refractivity contribution in [3.63, 3.8) is 0 Å². The zero-order chi connectivity index (χ0) is 15.4. The number of amides is 2. The number of hydrogen-bond acceptors (Lipinski definition) is 2. The van der Waals surface area contributed by atoms with Gasteiger partial charge in [-0.3, -0.25) is 0 Å². The largest absolute Gasteiger partial charge is 0.391 e. The minimum absolute atomic E-state index is 0.177. The molecule has 1 aliphatic heterocycles. The Morgan fingerprint density at radius 2 is 2.00 bits per heavy atom. The topological polar surface area (TPSA) is 52.6 Å². The van der Waals surface area contributed by atoms with Gasteiger partial charge in [0.05, 0.1) is 6.10 Å². The van der Waals surface area contributed by atoms with Gasteiger partial charge in [-0.25, -0.2) is 18.0 Å². The number of rotatable bonds is 3. The highest BCUT2D eigenvalue weighted by Crippen LogP contribution is 2.14. The van der Waals surface area contributed by atoms with Crippen LogP contribution in [0, 0.1) is 17.5 Å². The Kier molecular flexibility index (Phi) is 5.06. The Hall–Kier alpha value is -1.76. The molecular formula is C14H17F3N2O2. The molecule has 0 saturated carbocycles. The number of aliphatic hydroxyl groups is 1. The summed E-state index contributed by atoms with van der Waals surface area (Å²) in [6.07, 6.45) is 1.10. The Bertz CT molecular complexity index is 502. The van der Waals surface area contributed by atoms with Gasteiger partial charge in [-0.2, -0.15) is 0 Å². The van der Waals surface area contributed by atoms with Crippen molar-refractivity contribution in [2.75, 3.05) is 19.6 Å². The highest BCUT2D eigenvalue weighted by atomic mass is 19.2. The fourth-order valence-corrected chi connectivity index (χ4v) is 2.32. The number of nitrogens with one attached hydrogen (secondary N) is 1. The molecule has 2 rings (SSSR count). The third kappa shape index (κ3) is 4.10. The highest BCUT2D eigenvalue weighted by Gasteiger charge is 2.21. The molecule has 1 unspecified atom stereocenters. The third-order valence-electron chi connectivity index (χ3n) is 3.42. The molecule has 1 saturated heterocycles. The lowest BCUT2D eigenvalue weighted by Gasteiger charge is -2.30. The van der Waals surface area contributed by atoms with Crippen LogP contribution in [-0.4, -0.2) is 41.8 Å². The Labute approximate surface area is 120 Å². The molecule has 1 aliphatic rings. The fraction of sp³-hybridized carbons (Fsp3) is 0.500. The molecule has 1 heterocycles. The van der Waals surface area contributed by atoms with Crippen LogP contribution in [0.1, 0.15) is 18.4 Å². The number of hydrogen-bond donors (Lipinski definition) is 2. The van der Waals surface area contributed by atoms with Crippen molar-refractivity contribution in [1.29, 1.82) is 0 Å². The van der Waals surface area contributed by atoms with E-state index in [1.165, 1.54) is 4.90 Å². The predicted octanol–water partition coefficient (Wildman–Crippen LogP) is 1.81. The molecule has 0 aromatic heterocycles. The first kappa shape index (κ1) is 15.6. The van der Waals surface area contributed by atoms with Gasteiger partial charge in [-0.1, -0.05) is 0 Å². The van der Waals surface area contributed by atoms with E-state index >= 15 is 0 Å². The molecule has 1 aromatic carbocycles.